The first kappa shape index (κ1) is 17.1. The fourth-order valence-corrected chi connectivity index (χ4v) is 3.08. The number of carboxylic acids is 1. The maximum absolute atomic E-state index is 12.6. The summed E-state index contributed by atoms with van der Waals surface area (Å²) in [5, 5.41) is 12.7. The van der Waals surface area contributed by atoms with Crippen molar-refractivity contribution in [3.05, 3.63) is 44.9 Å². The predicted molar refractivity (Wildman–Crippen MR) is 91.5 cm³/mol. The molecule has 0 aliphatic heterocycles. The fourth-order valence-electron chi connectivity index (χ4n) is 2.24. The number of hydrogen-bond acceptors (Lipinski definition) is 4. The number of nitrogens with one attached hydrogen (secondary N) is 1. The molecule has 23 heavy (non-hydrogen) atoms. The second-order valence-electron chi connectivity index (χ2n) is 5.90. The molecular formula is C17H20N2O3S. The third-order valence-electron chi connectivity index (χ3n) is 3.34. The van der Waals surface area contributed by atoms with Crippen molar-refractivity contribution in [3.63, 3.8) is 0 Å². The number of anilines is 1. The van der Waals surface area contributed by atoms with Gasteiger partial charge >= 0.3 is 5.97 Å². The van der Waals surface area contributed by atoms with Gasteiger partial charge in [0.1, 0.15) is 4.88 Å². The van der Waals surface area contributed by atoms with Gasteiger partial charge in [0.2, 0.25) is 0 Å². The van der Waals surface area contributed by atoms with Gasteiger partial charge in [-0.25, -0.2) is 9.78 Å². The molecule has 0 fully saturated rings. The summed E-state index contributed by atoms with van der Waals surface area (Å²) in [6.45, 7) is 7.86. The van der Waals surface area contributed by atoms with E-state index < -0.39 is 5.97 Å². The van der Waals surface area contributed by atoms with Crippen LogP contribution in [0.1, 0.15) is 50.1 Å². The Morgan fingerprint density at radius 1 is 1.30 bits per heavy atom. The topological polar surface area (TPSA) is 79.3 Å². The van der Waals surface area contributed by atoms with Crippen LogP contribution in [0.5, 0.6) is 0 Å². The van der Waals surface area contributed by atoms with Crippen LogP contribution in [0.15, 0.2) is 18.2 Å². The normalized spacial score (nSPS) is 10.8. The van der Waals surface area contributed by atoms with Crippen molar-refractivity contribution in [2.45, 2.75) is 34.1 Å². The summed E-state index contributed by atoms with van der Waals surface area (Å²) in [4.78, 5) is 28.7. The highest BCUT2D eigenvalue weighted by molar-refractivity contribution is 7.13. The van der Waals surface area contributed by atoms with Crippen LogP contribution >= 0.6 is 11.3 Å². The summed E-state index contributed by atoms with van der Waals surface area (Å²) >= 11 is 1.36. The molecule has 2 rings (SSSR count). The number of hydrogen-bond donors (Lipinski definition) is 2. The van der Waals surface area contributed by atoms with E-state index in [0.29, 0.717) is 16.5 Å². The molecule has 0 atom stereocenters. The quantitative estimate of drug-likeness (QED) is 0.870. The lowest BCUT2D eigenvalue weighted by molar-refractivity contribution is 0.0696. The summed E-state index contributed by atoms with van der Waals surface area (Å²) in [5.74, 6) is -0.855. The number of carbonyl (C=O) groups excluding carboxylic acids is 1. The van der Waals surface area contributed by atoms with Gasteiger partial charge in [-0.15, -0.1) is 11.3 Å². The molecule has 2 N–H and O–H groups in total. The van der Waals surface area contributed by atoms with Crippen LogP contribution in [0, 0.1) is 19.8 Å². The first-order valence-corrected chi connectivity index (χ1v) is 8.21. The molecule has 0 aliphatic carbocycles. The zero-order chi connectivity index (χ0) is 17.1. The molecule has 0 radical (unpaired) electrons. The van der Waals surface area contributed by atoms with Crippen molar-refractivity contribution in [3.8, 4) is 0 Å². The van der Waals surface area contributed by atoms with Crippen molar-refractivity contribution in [2.24, 2.45) is 5.92 Å². The number of nitrogens with zero attached hydrogens (tertiary/aromatic N) is 1. The maximum Gasteiger partial charge on any atom is 0.335 e. The SMILES string of the molecule is Cc1nc(CC(C)C)c(C(=O)Nc2cc(C(=O)O)ccc2C)s1. The number of benzene rings is 1. The number of carbonyl (C=O) groups is 2. The molecule has 0 bridgehead atoms. The van der Waals surface area contributed by atoms with Gasteiger partial charge in [-0.3, -0.25) is 4.79 Å². The van der Waals surface area contributed by atoms with Gasteiger partial charge in [0.15, 0.2) is 0 Å². The molecular weight excluding hydrogens is 312 g/mol. The molecule has 0 aliphatic rings. The van der Waals surface area contributed by atoms with Crippen LogP contribution < -0.4 is 5.32 Å². The molecule has 0 unspecified atom stereocenters. The van der Waals surface area contributed by atoms with Crippen LogP contribution in [-0.4, -0.2) is 22.0 Å². The average molecular weight is 332 g/mol. The van der Waals surface area contributed by atoms with Gasteiger partial charge in [0, 0.05) is 5.69 Å². The highest BCUT2D eigenvalue weighted by Crippen LogP contribution is 2.24. The van der Waals surface area contributed by atoms with Crippen molar-refractivity contribution in [2.75, 3.05) is 5.32 Å². The Balaban J connectivity index is 2.29. The molecule has 1 aromatic heterocycles. The molecule has 0 saturated carbocycles. The number of thiazole rings is 1. The van der Waals surface area contributed by atoms with Crippen molar-refractivity contribution >= 4 is 28.9 Å². The molecule has 2 aromatic rings. The lowest BCUT2D eigenvalue weighted by Crippen LogP contribution is -2.14. The lowest BCUT2D eigenvalue weighted by Gasteiger charge is -2.10. The van der Waals surface area contributed by atoms with E-state index in [1.165, 1.54) is 23.5 Å². The molecule has 5 nitrogen and oxygen atoms in total. The minimum Gasteiger partial charge on any atom is -0.478 e. The van der Waals surface area contributed by atoms with Gasteiger partial charge in [-0.2, -0.15) is 0 Å². The van der Waals surface area contributed by atoms with Gasteiger partial charge in [0.05, 0.1) is 16.3 Å². The molecule has 6 heteroatoms. The van der Waals surface area contributed by atoms with E-state index >= 15 is 0 Å². The zero-order valence-corrected chi connectivity index (χ0v) is 14.5. The molecule has 0 spiro atoms. The smallest absolute Gasteiger partial charge is 0.335 e. The third-order valence-corrected chi connectivity index (χ3v) is 4.36. The molecule has 122 valence electrons. The van der Waals surface area contributed by atoms with E-state index in [0.717, 1.165) is 22.7 Å². The second kappa shape index (κ2) is 6.91. The summed E-state index contributed by atoms with van der Waals surface area (Å²) in [7, 11) is 0. The Morgan fingerprint density at radius 3 is 2.61 bits per heavy atom. The highest BCUT2D eigenvalue weighted by atomic mass is 32.1. The molecule has 1 amide bonds. The van der Waals surface area contributed by atoms with Gasteiger partial charge in [-0.1, -0.05) is 19.9 Å². The minimum absolute atomic E-state index is 0.147. The van der Waals surface area contributed by atoms with E-state index in [-0.39, 0.29) is 11.5 Å². The number of aromatic carboxylic acids is 1. The Morgan fingerprint density at radius 2 is 2.00 bits per heavy atom. The van der Waals surface area contributed by atoms with Crippen LogP contribution in [-0.2, 0) is 6.42 Å². The van der Waals surface area contributed by atoms with E-state index in [2.05, 4.69) is 24.1 Å². The summed E-state index contributed by atoms with van der Waals surface area (Å²) in [6.07, 6.45) is 0.737. The van der Waals surface area contributed by atoms with Crippen molar-refractivity contribution in [1.29, 1.82) is 0 Å². The number of aromatic nitrogens is 1. The Hall–Kier alpha value is -2.21. The van der Waals surface area contributed by atoms with E-state index in [1.807, 2.05) is 13.8 Å². The second-order valence-corrected chi connectivity index (χ2v) is 7.10. The van der Waals surface area contributed by atoms with Gasteiger partial charge < -0.3 is 10.4 Å². The number of carboxylic acid groups (broad SMARTS) is 1. The van der Waals surface area contributed by atoms with Crippen LogP contribution in [0.3, 0.4) is 0 Å². The summed E-state index contributed by atoms with van der Waals surface area (Å²) < 4.78 is 0. The van der Waals surface area contributed by atoms with Crippen molar-refractivity contribution < 1.29 is 14.7 Å². The first-order valence-electron chi connectivity index (χ1n) is 7.39. The average Bonchev–Trinajstić information content (AvgIpc) is 2.80. The monoisotopic (exact) mass is 332 g/mol. The van der Waals surface area contributed by atoms with Crippen LogP contribution in [0.4, 0.5) is 5.69 Å². The van der Waals surface area contributed by atoms with Gasteiger partial charge in [-0.05, 0) is 43.9 Å². The Bertz CT molecular complexity index is 750. The fraction of sp³-hybridized carbons (Fsp3) is 0.353. The standard InChI is InChI=1S/C17H20N2O3S/c1-9(2)7-14-15(23-11(4)18-14)16(20)19-13-8-12(17(21)22)6-5-10(13)3/h5-6,8-9H,7H2,1-4H3,(H,19,20)(H,21,22). The lowest BCUT2D eigenvalue weighted by atomic mass is 10.1. The largest absolute Gasteiger partial charge is 0.478 e. The van der Waals surface area contributed by atoms with Gasteiger partial charge in [0.25, 0.3) is 5.91 Å². The number of amides is 1. The van der Waals surface area contributed by atoms with E-state index in [9.17, 15) is 9.59 Å². The summed E-state index contributed by atoms with van der Waals surface area (Å²) in [6, 6.07) is 4.69. The Kier molecular flexibility index (Phi) is 5.15. The van der Waals surface area contributed by atoms with E-state index in [4.69, 9.17) is 5.11 Å². The highest BCUT2D eigenvalue weighted by Gasteiger charge is 2.18. The first-order chi connectivity index (χ1) is 10.8. The third kappa shape index (κ3) is 4.16. The number of aryl methyl sites for hydroxylation is 2. The molecule has 1 heterocycles. The van der Waals surface area contributed by atoms with Crippen molar-refractivity contribution in [1.82, 2.24) is 4.98 Å². The van der Waals surface area contributed by atoms with E-state index in [1.54, 1.807) is 6.07 Å². The van der Waals surface area contributed by atoms with Crippen LogP contribution in [0.25, 0.3) is 0 Å². The van der Waals surface area contributed by atoms with Crippen LogP contribution in [0.2, 0.25) is 0 Å². The molecule has 1 aromatic carbocycles. The number of rotatable bonds is 5. The molecule has 0 saturated heterocycles. The summed E-state index contributed by atoms with van der Waals surface area (Å²) in [5.41, 5.74) is 2.27. The Labute approximate surface area is 139 Å². The maximum atomic E-state index is 12.6. The predicted octanol–water partition coefficient (Wildman–Crippen LogP) is 3.91. The minimum atomic E-state index is -1.02. The zero-order valence-electron chi connectivity index (χ0n) is 13.6.